The molecule has 0 radical (unpaired) electrons. The average Bonchev–Trinajstić information content (AvgIpc) is 3.42. The molecule has 1 aliphatic rings. The molecule has 1 unspecified atom stereocenters. The van der Waals surface area contributed by atoms with Crippen molar-refractivity contribution >= 4 is 38.8 Å². The molecule has 0 amide bonds. The smallest absolute Gasteiger partial charge is 0.265 e. The van der Waals surface area contributed by atoms with Gasteiger partial charge in [0.05, 0.1) is 4.88 Å². The van der Waals surface area contributed by atoms with Gasteiger partial charge in [0.1, 0.15) is 21.7 Å². The standard InChI is InChI=1S/C17H14ClN3O6S2/c1-9-15(18)17(27-20-9)21-29(23,24)14-4-5-28-16(14)11(19-22)6-10-2-3-12-13(7-10)26-8-25-12/h2-5,7,11,21H,6,8H2,1H3. The van der Waals surface area contributed by atoms with Crippen LogP contribution < -0.4 is 14.2 Å². The summed E-state index contributed by atoms with van der Waals surface area (Å²) in [7, 11) is -4.07. The largest absolute Gasteiger partial charge is 0.454 e. The molecular weight excluding hydrogens is 442 g/mol. The van der Waals surface area contributed by atoms with Crippen LogP contribution in [0, 0.1) is 11.8 Å². The molecule has 1 aromatic carbocycles. The van der Waals surface area contributed by atoms with Gasteiger partial charge in [0, 0.05) is 6.42 Å². The number of nitrogens with zero attached hydrogens (tertiary/aromatic N) is 2. The first-order valence-electron chi connectivity index (χ1n) is 8.32. The van der Waals surface area contributed by atoms with E-state index in [1.165, 1.54) is 6.07 Å². The Bertz CT molecular complexity index is 1170. The molecule has 0 saturated carbocycles. The second-order valence-electron chi connectivity index (χ2n) is 6.18. The predicted molar refractivity (Wildman–Crippen MR) is 106 cm³/mol. The highest BCUT2D eigenvalue weighted by atomic mass is 35.5. The van der Waals surface area contributed by atoms with Crippen LogP contribution in [-0.4, -0.2) is 20.4 Å². The Morgan fingerprint density at radius 3 is 2.83 bits per heavy atom. The lowest BCUT2D eigenvalue weighted by atomic mass is 10.0. The SMILES string of the molecule is Cc1noc(NS(=O)(=O)c2ccsc2C(Cc2ccc3c(c2)OCO3)N=O)c1Cl. The molecule has 0 fully saturated rings. The normalized spacial score (nSPS) is 14.0. The zero-order valence-corrected chi connectivity index (χ0v) is 17.3. The molecule has 9 nitrogen and oxygen atoms in total. The fourth-order valence-electron chi connectivity index (χ4n) is 2.84. The summed E-state index contributed by atoms with van der Waals surface area (Å²) in [5.41, 5.74) is 1.11. The number of rotatable bonds is 7. The van der Waals surface area contributed by atoms with Crippen LogP contribution in [0.15, 0.2) is 44.2 Å². The maximum atomic E-state index is 12.8. The topological polar surface area (TPSA) is 120 Å². The van der Waals surface area contributed by atoms with Crippen molar-refractivity contribution in [3.63, 3.8) is 0 Å². The van der Waals surface area contributed by atoms with Crippen LogP contribution >= 0.6 is 22.9 Å². The number of benzene rings is 1. The molecule has 3 heterocycles. The third kappa shape index (κ3) is 3.80. The number of hydrogen-bond donors (Lipinski definition) is 1. The number of fused-ring (bicyclic) bond motifs is 1. The zero-order chi connectivity index (χ0) is 20.6. The van der Waals surface area contributed by atoms with E-state index >= 15 is 0 Å². The van der Waals surface area contributed by atoms with E-state index in [4.69, 9.17) is 25.6 Å². The second kappa shape index (κ2) is 7.65. The van der Waals surface area contributed by atoms with Gasteiger partial charge in [-0.3, -0.25) is 0 Å². The zero-order valence-electron chi connectivity index (χ0n) is 14.9. The summed E-state index contributed by atoms with van der Waals surface area (Å²) < 4.78 is 43.5. The molecular formula is C17H14ClN3O6S2. The lowest BCUT2D eigenvalue weighted by Gasteiger charge is -2.12. The summed E-state index contributed by atoms with van der Waals surface area (Å²) in [6.45, 7) is 1.72. The number of halogens is 1. The van der Waals surface area contributed by atoms with Crippen LogP contribution in [0.2, 0.25) is 5.02 Å². The van der Waals surface area contributed by atoms with Crippen molar-refractivity contribution in [2.24, 2.45) is 5.18 Å². The number of thiophene rings is 1. The number of anilines is 1. The fraction of sp³-hybridized carbons (Fsp3) is 0.235. The average molecular weight is 456 g/mol. The van der Waals surface area contributed by atoms with Gasteiger partial charge in [0.2, 0.25) is 6.79 Å². The summed E-state index contributed by atoms with van der Waals surface area (Å²) in [6.07, 6.45) is 0.200. The van der Waals surface area contributed by atoms with E-state index in [-0.39, 0.29) is 29.0 Å². The van der Waals surface area contributed by atoms with Crippen molar-refractivity contribution in [3.8, 4) is 11.5 Å². The summed E-state index contributed by atoms with van der Waals surface area (Å²) in [5, 5.41) is 8.42. The molecule has 0 bridgehead atoms. The highest BCUT2D eigenvalue weighted by Gasteiger charge is 2.28. The molecule has 0 spiro atoms. The van der Waals surface area contributed by atoms with Gasteiger partial charge >= 0.3 is 0 Å². The van der Waals surface area contributed by atoms with Gasteiger partial charge in [-0.1, -0.05) is 28.0 Å². The van der Waals surface area contributed by atoms with Gasteiger partial charge in [-0.2, -0.15) is 4.91 Å². The Hall–Kier alpha value is -2.63. The van der Waals surface area contributed by atoms with Gasteiger partial charge in [-0.05, 0) is 36.1 Å². The fourth-order valence-corrected chi connectivity index (χ4v) is 5.53. The molecule has 12 heteroatoms. The van der Waals surface area contributed by atoms with Crippen LogP contribution in [0.4, 0.5) is 5.88 Å². The van der Waals surface area contributed by atoms with E-state index in [1.807, 2.05) is 0 Å². The number of nitroso groups, excluding NO2 is 1. The highest BCUT2D eigenvalue weighted by molar-refractivity contribution is 7.93. The monoisotopic (exact) mass is 455 g/mol. The van der Waals surface area contributed by atoms with Gasteiger partial charge < -0.3 is 14.0 Å². The minimum Gasteiger partial charge on any atom is -0.454 e. The first kappa shape index (κ1) is 19.7. The minimum atomic E-state index is -4.07. The van der Waals surface area contributed by atoms with Crippen LogP contribution in [0.1, 0.15) is 22.2 Å². The van der Waals surface area contributed by atoms with Crippen LogP contribution in [0.25, 0.3) is 0 Å². The summed E-state index contributed by atoms with van der Waals surface area (Å²) in [4.78, 5) is 11.8. The van der Waals surface area contributed by atoms with Crippen molar-refractivity contribution in [2.75, 3.05) is 11.5 Å². The van der Waals surface area contributed by atoms with Crippen molar-refractivity contribution < 1.29 is 22.4 Å². The maximum Gasteiger partial charge on any atom is 0.265 e. The summed E-state index contributed by atoms with van der Waals surface area (Å²) >= 11 is 7.11. The third-order valence-corrected chi connectivity index (χ3v) is 7.24. The van der Waals surface area contributed by atoms with E-state index in [0.717, 1.165) is 16.9 Å². The predicted octanol–water partition coefficient (Wildman–Crippen LogP) is 4.28. The van der Waals surface area contributed by atoms with Crippen LogP contribution in [0.3, 0.4) is 0 Å². The first-order chi connectivity index (χ1) is 13.9. The number of aryl methyl sites for hydroxylation is 1. The van der Waals surface area contributed by atoms with Crippen molar-refractivity contribution in [3.05, 3.63) is 55.7 Å². The lowest BCUT2D eigenvalue weighted by Crippen LogP contribution is -2.15. The van der Waals surface area contributed by atoms with Gasteiger partial charge in [-0.25, -0.2) is 13.1 Å². The van der Waals surface area contributed by atoms with E-state index in [0.29, 0.717) is 22.1 Å². The Morgan fingerprint density at radius 2 is 2.10 bits per heavy atom. The highest BCUT2D eigenvalue weighted by Crippen LogP contribution is 2.37. The Kier molecular flexibility index (Phi) is 5.19. The van der Waals surface area contributed by atoms with Crippen molar-refractivity contribution in [1.82, 2.24) is 5.16 Å². The molecule has 1 atom stereocenters. The number of ether oxygens (including phenoxy) is 2. The quantitative estimate of drug-likeness (QED) is 0.528. The Morgan fingerprint density at radius 1 is 1.31 bits per heavy atom. The van der Waals surface area contributed by atoms with Crippen molar-refractivity contribution in [2.45, 2.75) is 24.3 Å². The minimum absolute atomic E-state index is 0.0655. The van der Waals surface area contributed by atoms with E-state index in [9.17, 15) is 13.3 Å². The number of aromatic nitrogens is 1. The molecule has 4 rings (SSSR count). The van der Waals surface area contributed by atoms with Gasteiger partial charge in [-0.15, -0.1) is 11.3 Å². The Labute approximate surface area is 174 Å². The number of sulfonamides is 1. The Balaban J connectivity index is 1.61. The first-order valence-corrected chi connectivity index (χ1v) is 11.1. The number of nitrogens with one attached hydrogen (secondary N) is 1. The third-order valence-electron chi connectivity index (χ3n) is 4.26. The van der Waals surface area contributed by atoms with E-state index < -0.39 is 16.1 Å². The van der Waals surface area contributed by atoms with Crippen LogP contribution in [0.5, 0.6) is 11.5 Å². The molecule has 0 saturated heterocycles. The van der Waals surface area contributed by atoms with E-state index in [1.54, 1.807) is 30.5 Å². The number of hydrogen-bond acceptors (Lipinski definition) is 9. The molecule has 2 aromatic heterocycles. The molecule has 0 aliphatic carbocycles. The molecule has 1 aliphatic heterocycles. The van der Waals surface area contributed by atoms with Gasteiger partial charge in [0.15, 0.2) is 11.5 Å². The molecule has 29 heavy (non-hydrogen) atoms. The van der Waals surface area contributed by atoms with Gasteiger partial charge in [0.25, 0.3) is 15.9 Å². The lowest BCUT2D eigenvalue weighted by molar-refractivity contribution is 0.174. The summed E-state index contributed by atoms with van der Waals surface area (Å²) in [6, 6.07) is 5.76. The van der Waals surface area contributed by atoms with Crippen LogP contribution in [-0.2, 0) is 16.4 Å². The molecule has 3 aromatic rings. The molecule has 152 valence electrons. The van der Waals surface area contributed by atoms with E-state index in [2.05, 4.69) is 15.1 Å². The van der Waals surface area contributed by atoms with Crippen molar-refractivity contribution in [1.29, 1.82) is 0 Å². The summed E-state index contributed by atoms with van der Waals surface area (Å²) in [5.74, 6) is 1.00. The second-order valence-corrected chi connectivity index (χ2v) is 9.16. The maximum absolute atomic E-state index is 12.8. The molecule has 1 N–H and O–H groups in total.